The SMILES string of the molecule is CCC(CNC1CC1)N(C)Cc1ccc(Cl)s1. The summed E-state index contributed by atoms with van der Waals surface area (Å²) < 4.78 is 0.887. The van der Waals surface area contributed by atoms with E-state index >= 15 is 0 Å². The summed E-state index contributed by atoms with van der Waals surface area (Å²) in [5.74, 6) is 0. The third-order valence-electron chi connectivity index (χ3n) is 3.35. The Balaban J connectivity index is 1.80. The van der Waals surface area contributed by atoms with Crippen LogP contribution in [0.15, 0.2) is 12.1 Å². The molecule has 1 aromatic rings. The third-order valence-corrected chi connectivity index (χ3v) is 4.56. The fourth-order valence-electron chi connectivity index (χ4n) is 2.01. The van der Waals surface area contributed by atoms with Gasteiger partial charge in [-0.05, 0) is 38.4 Å². The number of nitrogens with zero attached hydrogens (tertiary/aromatic N) is 1. The van der Waals surface area contributed by atoms with Gasteiger partial charge in [-0.2, -0.15) is 0 Å². The first-order valence-corrected chi connectivity index (χ1v) is 7.56. The van der Waals surface area contributed by atoms with Crippen molar-refractivity contribution in [3.63, 3.8) is 0 Å². The molecule has 4 heteroatoms. The number of thiophene rings is 1. The summed E-state index contributed by atoms with van der Waals surface area (Å²) in [6.07, 6.45) is 3.91. The summed E-state index contributed by atoms with van der Waals surface area (Å²) in [5.41, 5.74) is 0. The molecule has 0 aromatic carbocycles. The molecule has 0 radical (unpaired) electrons. The fourth-order valence-corrected chi connectivity index (χ4v) is 3.16. The van der Waals surface area contributed by atoms with Gasteiger partial charge in [0.05, 0.1) is 4.34 Å². The first-order valence-electron chi connectivity index (χ1n) is 6.37. The zero-order valence-corrected chi connectivity index (χ0v) is 12.2. The molecule has 0 bridgehead atoms. The largest absolute Gasteiger partial charge is 0.312 e. The highest BCUT2D eigenvalue weighted by molar-refractivity contribution is 7.16. The maximum Gasteiger partial charge on any atom is 0.0931 e. The van der Waals surface area contributed by atoms with Gasteiger partial charge in [-0.1, -0.05) is 18.5 Å². The Hall–Kier alpha value is -0.0900. The Kier molecular flexibility index (Phi) is 4.86. The Morgan fingerprint density at radius 3 is 2.82 bits per heavy atom. The van der Waals surface area contributed by atoms with Crippen molar-refractivity contribution in [2.24, 2.45) is 0 Å². The van der Waals surface area contributed by atoms with Crippen LogP contribution in [-0.4, -0.2) is 30.6 Å². The van der Waals surface area contributed by atoms with Crippen LogP contribution < -0.4 is 5.32 Å². The van der Waals surface area contributed by atoms with E-state index in [-0.39, 0.29) is 0 Å². The van der Waals surface area contributed by atoms with Gasteiger partial charge in [-0.3, -0.25) is 4.90 Å². The normalized spacial score (nSPS) is 17.6. The highest BCUT2D eigenvalue weighted by Gasteiger charge is 2.22. The van der Waals surface area contributed by atoms with E-state index in [0.29, 0.717) is 6.04 Å². The maximum absolute atomic E-state index is 5.96. The van der Waals surface area contributed by atoms with Gasteiger partial charge in [0.15, 0.2) is 0 Å². The van der Waals surface area contributed by atoms with Gasteiger partial charge in [0.2, 0.25) is 0 Å². The van der Waals surface area contributed by atoms with Crippen LogP contribution >= 0.6 is 22.9 Å². The predicted molar refractivity (Wildman–Crippen MR) is 75.9 cm³/mol. The Morgan fingerprint density at radius 1 is 1.53 bits per heavy atom. The lowest BCUT2D eigenvalue weighted by atomic mass is 10.2. The number of hydrogen-bond donors (Lipinski definition) is 1. The molecule has 0 amide bonds. The molecule has 96 valence electrons. The van der Waals surface area contributed by atoms with Gasteiger partial charge in [0.1, 0.15) is 0 Å². The van der Waals surface area contributed by atoms with Gasteiger partial charge < -0.3 is 5.32 Å². The first kappa shape index (κ1) is 13.3. The average Bonchev–Trinajstić information content (AvgIpc) is 3.03. The van der Waals surface area contributed by atoms with E-state index in [1.807, 2.05) is 6.07 Å². The standard InChI is InChI=1S/C13H21ClN2S/c1-3-11(8-15-10-4-5-10)16(2)9-12-6-7-13(14)17-12/h6-7,10-11,15H,3-5,8-9H2,1-2H3. The molecule has 1 atom stereocenters. The summed E-state index contributed by atoms with van der Waals surface area (Å²) in [7, 11) is 2.20. The summed E-state index contributed by atoms with van der Waals surface area (Å²) in [5, 5.41) is 3.62. The van der Waals surface area contributed by atoms with Crippen LogP contribution in [0.5, 0.6) is 0 Å². The zero-order valence-electron chi connectivity index (χ0n) is 10.6. The van der Waals surface area contributed by atoms with Gasteiger partial charge in [-0.15, -0.1) is 11.3 Å². The third kappa shape index (κ3) is 4.25. The second-order valence-electron chi connectivity index (χ2n) is 4.87. The Morgan fingerprint density at radius 2 is 2.29 bits per heavy atom. The molecule has 1 unspecified atom stereocenters. The number of likely N-dealkylation sites (N-methyl/N-ethyl adjacent to an activating group) is 1. The van der Waals surface area contributed by atoms with Crippen molar-refractivity contribution in [2.45, 2.75) is 44.8 Å². The van der Waals surface area contributed by atoms with Gasteiger partial charge >= 0.3 is 0 Å². The molecule has 0 saturated heterocycles. The lowest BCUT2D eigenvalue weighted by Crippen LogP contribution is -2.39. The molecule has 2 nitrogen and oxygen atoms in total. The molecule has 0 aliphatic heterocycles. The lowest BCUT2D eigenvalue weighted by Gasteiger charge is -2.27. The zero-order chi connectivity index (χ0) is 12.3. The van der Waals surface area contributed by atoms with Crippen LogP contribution in [0.3, 0.4) is 0 Å². The molecule has 1 fully saturated rings. The predicted octanol–water partition coefficient (Wildman–Crippen LogP) is 3.36. The minimum Gasteiger partial charge on any atom is -0.312 e. The quantitative estimate of drug-likeness (QED) is 0.819. The van der Waals surface area contributed by atoms with Crippen LogP contribution in [0.25, 0.3) is 0 Å². The molecule has 1 aromatic heterocycles. The summed E-state index contributed by atoms with van der Waals surface area (Å²) in [4.78, 5) is 3.78. The van der Waals surface area contributed by atoms with E-state index in [1.54, 1.807) is 11.3 Å². The summed E-state index contributed by atoms with van der Waals surface area (Å²) in [6, 6.07) is 5.54. The maximum atomic E-state index is 5.96. The van der Waals surface area contributed by atoms with Crippen molar-refractivity contribution in [1.82, 2.24) is 10.2 Å². The highest BCUT2D eigenvalue weighted by Crippen LogP contribution is 2.23. The summed E-state index contributed by atoms with van der Waals surface area (Å²) in [6.45, 7) is 4.37. The average molecular weight is 273 g/mol. The van der Waals surface area contributed by atoms with E-state index in [4.69, 9.17) is 11.6 Å². The molecule has 2 rings (SSSR count). The topological polar surface area (TPSA) is 15.3 Å². The van der Waals surface area contributed by atoms with Crippen molar-refractivity contribution >= 4 is 22.9 Å². The Bertz CT molecular complexity index is 349. The first-order chi connectivity index (χ1) is 8.19. The number of halogens is 1. The van der Waals surface area contributed by atoms with Crippen molar-refractivity contribution in [3.05, 3.63) is 21.3 Å². The van der Waals surface area contributed by atoms with E-state index in [2.05, 4.69) is 30.3 Å². The van der Waals surface area contributed by atoms with Crippen molar-refractivity contribution < 1.29 is 0 Å². The number of nitrogens with one attached hydrogen (secondary N) is 1. The van der Waals surface area contributed by atoms with Gasteiger partial charge in [0.25, 0.3) is 0 Å². The van der Waals surface area contributed by atoms with Crippen LogP contribution in [0.2, 0.25) is 4.34 Å². The molecule has 1 saturated carbocycles. The van der Waals surface area contributed by atoms with E-state index in [0.717, 1.165) is 23.5 Å². The molecule has 1 N–H and O–H groups in total. The van der Waals surface area contributed by atoms with E-state index in [1.165, 1.54) is 24.1 Å². The fraction of sp³-hybridized carbons (Fsp3) is 0.692. The molecular weight excluding hydrogens is 252 g/mol. The van der Waals surface area contributed by atoms with Crippen LogP contribution in [0, 0.1) is 0 Å². The van der Waals surface area contributed by atoms with E-state index < -0.39 is 0 Å². The molecule has 1 aliphatic carbocycles. The van der Waals surface area contributed by atoms with E-state index in [9.17, 15) is 0 Å². The number of rotatable bonds is 7. The van der Waals surface area contributed by atoms with Crippen molar-refractivity contribution in [1.29, 1.82) is 0 Å². The molecular formula is C13H21ClN2S. The van der Waals surface area contributed by atoms with Gasteiger partial charge in [-0.25, -0.2) is 0 Å². The van der Waals surface area contributed by atoms with Crippen LogP contribution in [-0.2, 0) is 6.54 Å². The molecule has 17 heavy (non-hydrogen) atoms. The molecule has 1 heterocycles. The van der Waals surface area contributed by atoms with Gasteiger partial charge in [0, 0.05) is 30.1 Å². The second kappa shape index (κ2) is 6.19. The van der Waals surface area contributed by atoms with Crippen LogP contribution in [0.4, 0.5) is 0 Å². The highest BCUT2D eigenvalue weighted by atomic mass is 35.5. The molecule has 0 spiro atoms. The van der Waals surface area contributed by atoms with Crippen LogP contribution in [0.1, 0.15) is 31.1 Å². The second-order valence-corrected chi connectivity index (χ2v) is 6.67. The minimum absolute atomic E-state index is 0.622. The smallest absolute Gasteiger partial charge is 0.0931 e. The van der Waals surface area contributed by atoms with Crippen molar-refractivity contribution in [2.75, 3.05) is 13.6 Å². The monoisotopic (exact) mass is 272 g/mol. The van der Waals surface area contributed by atoms with Crippen molar-refractivity contribution in [3.8, 4) is 0 Å². The lowest BCUT2D eigenvalue weighted by molar-refractivity contribution is 0.223. The number of hydrogen-bond acceptors (Lipinski definition) is 3. The Labute approximate surface area is 113 Å². The minimum atomic E-state index is 0.622. The summed E-state index contributed by atoms with van der Waals surface area (Å²) >= 11 is 7.64. The molecule has 1 aliphatic rings.